The molecular weight excluding hydrogens is 172 g/mol. The molecule has 72 valence electrons. The Hall–Kier alpha value is -1.12. The number of aliphatic hydroxyl groups is 1. The van der Waals surface area contributed by atoms with Crippen LogP contribution in [0.4, 0.5) is 0 Å². The summed E-state index contributed by atoms with van der Waals surface area (Å²) in [5.41, 5.74) is 0. The first-order chi connectivity index (χ1) is 6.19. The van der Waals surface area contributed by atoms with Gasteiger partial charge in [0.15, 0.2) is 0 Å². The van der Waals surface area contributed by atoms with Crippen molar-refractivity contribution in [3.8, 4) is 6.07 Å². The Morgan fingerprint density at radius 2 is 2.54 bits per heavy atom. The van der Waals surface area contributed by atoms with Crippen LogP contribution >= 0.6 is 0 Å². The van der Waals surface area contributed by atoms with Crippen LogP contribution in [0.3, 0.4) is 0 Å². The summed E-state index contributed by atoms with van der Waals surface area (Å²) in [6.07, 6.45) is -0.175. The second-order valence-corrected chi connectivity index (χ2v) is 3.02. The lowest BCUT2D eigenvalue weighted by molar-refractivity contribution is -0.145. The predicted octanol–water partition coefficient (Wildman–Crippen LogP) is -0.882. The molecule has 0 radical (unpaired) electrons. The van der Waals surface area contributed by atoms with E-state index in [1.165, 1.54) is 7.11 Å². The molecule has 13 heavy (non-hydrogen) atoms. The van der Waals surface area contributed by atoms with Crippen LogP contribution in [0.2, 0.25) is 0 Å². The van der Waals surface area contributed by atoms with Crippen LogP contribution in [0.15, 0.2) is 0 Å². The lowest BCUT2D eigenvalue weighted by Gasteiger charge is -2.17. The van der Waals surface area contributed by atoms with Crippen molar-refractivity contribution >= 4 is 5.97 Å². The highest BCUT2D eigenvalue weighted by molar-refractivity contribution is 5.76. The van der Waals surface area contributed by atoms with Gasteiger partial charge in [-0.3, -0.25) is 9.69 Å². The molecule has 1 rings (SSSR count). The lowest BCUT2D eigenvalue weighted by atomic mass is 10.2. The van der Waals surface area contributed by atoms with Crippen LogP contribution in [0, 0.1) is 11.3 Å². The van der Waals surface area contributed by atoms with Gasteiger partial charge in [0.05, 0.1) is 25.8 Å². The number of likely N-dealkylation sites (tertiary alicyclic amines) is 1. The minimum Gasteiger partial charge on any atom is -0.468 e. The number of carbonyl (C=O) groups excluding carboxylic acids is 1. The first-order valence-corrected chi connectivity index (χ1v) is 4.06. The number of rotatable bonds is 2. The Labute approximate surface area is 76.5 Å². The van der Waals surface area contributed by atoms with Crippen LogP contribution in [-0.2, 0) is 9.53 Å². The van der Waals surface area contributed by atoms with Gasteiger partial charge in [0.1, 0.15) is 6.04 Å². The molecule has 0 spiro atoms. The molecule has 2 atom stereocenters. The van der Waals surface area contributed by atoms with Crippen molar-refractivity contribution in [2.45, 2.75) is 18.6 Å². The van der Waals surface area contributed by atoms with E-state index >= 15 is 0 Å². The SMILES string of the molecule is COC(=O)[C@@H]1C[C@@H](O)CN1CC#N. The number of hydrogen-bond acceptors (Lipinski definition) is 5. The summed E-state index contributed by atoms with van der Waals surface area (Å²) in [6.45, 7) is 0.518. The highest BCUT2D eigenvalue weighted by Crippen LogP contribution is 2.17. The van der Waals surface area contributed by atoms with E-state index in [2.05, 4.69) is 4.74 Å². The van der Waals surface area contributed by atoms with Gasteiger partial charge in [-0.2, -0.15) is 5.26 Å². The molecule has 1 aliphatic rings. The summed E-state index contributed by atoms with van der Waals surface area (Å²) in [5, 5.41) is 17.7. The van der Waals surface area contributed by atoms with Gasteiger partial charge in [-0.1, -0.05) is 0 Å². The largest absolute Gasteiger partial charge is 0.468 e. The molecule has 0 unspecified atom stereocenters. The average Bonchev–Trinajstić information content (AvgIpc) is 2.46. The summed E-state index contributed by atoms with van der Waals surface area (Å²) in [7, 11) is 1.30. The molecular formula is C8H12N2O3. The molecule has 0 aromatic carbocycles. The highest BCUT2D eigenvalue weighted by atomic mass is 16.5. The normalized spacial score (nSPS) is 28.4. The highest BCUT2D eigenvalue weighted by Gasteiger charge is 2.36. The Morgan fingerprint density at radius 3 is 3.08 bits per heavy atom. The number of ether oxygens (including phenoxy) is 1. The Kier molecular flexibility index (Phi) is 3.23. The third kappa shape index (κ3) is 2.17. The molecule has 1 heterocycles. The number of nitriles is 1. The van der Waals surface area contributed by atoms with Gasteiger partial charge in [-0.15, -0.1) is 0 Å². The molecule has 0 aromatic heterocycles. The van der Waals surface area contributed by atoms with E-state index < -0.39 is 12.1 Å². The zero-order valence-electron chi connectivity index (χ0n) is 7.43. The average molecular weight is 184 g/mol. The minimum atomic E-state index is -0.530. The van der Waals surface area contributed by atoms with Crippen LogP contribution in [0.5, 0.6) is 0 Å². The van der Waals surface area contributed by atoms with E-state index in [-0.39, 0.29) is 12.5 Å². The van der Waals surface area contributed by atoms with E-state index in [0.717, 1.165) is 0 Å². The molecule has 1 fully saturated rings. The van der Waals surface area contributed by atoms with Crippen LogP contribution in [0.1, 0.15) is 6.42 Å². The number of β-amino-alcohol motifs (C(OH)–C–C–N with tert-alkyl or cyclic N) is 1. The zero-order valence-corrected chi connectivity index (χ0v) is 7.43. The van der Waals surface area contributed by atoms with Crippen molar-refractivity contribution in [2.75, 3.05) is 20.2 Å². The van der Waals surface area contributed by atoms with Gasteiger partial charge in [0.2, 0.25) is 0 Å². The van der Waals surface area contributed by atoms with Gasteiger partial charge < -0.3 is 9.84 Å². The van der Waals surface area contributed by atoms with Crippen LogP contribution in [0.25, 0.3) is 0 Å². The van der Waals surface area contributed by atoms with Gasteiger partial charge in [0, 0.05) is 13.0 Å². The van der Waals surface area contributed by atoms with Gasteiger partial charge in [-0.05, 0) is 0 Å². The number of nitrogens with zero attached hydrogens (tertiary/aromatic N) is 2. The maximum absolute atomic E-state index is 11.2. The van der Waals surface area contributed by atoms with E-state index in [1.54, 1.807) is 4.90 Å². The summed E-state index contributed by atoms with van der Waals surface area (Å²) in [4.78, 5) is 12.8. The number of hydrogen-bond donors (Lipinski definition) is 1. The van der Waals surface area contributed by atoms with Crippen molar-refractivity contribution in [2.24, 2.45) is 0 Å². The Morgan fingerprint density at radius 1 is 1.85 bits per heavy atom. The second-order valence-electron chi connectivity index (χ2n) is 3.02. The van der Waals surface area contributed by atoms with Gasteiger partial charge in [-0.25, -0.2) is 0 Å². The monoisotopic (exact) mass is 184 g/mol. The zero-order chi connectivity index (χ0) is 9.84. The number of methoxy groups -OCH3 is 1. The maximum atomic E-state index is 11.2. The van der Waals surface area contributed by atoms with E-state index in [9.17, 15) is 9.90 Å². The molecule has 0 amide bonds. The molecule has 1 N–H and O–H groups in total. The molecule has 5 heteroatoms. The smallest absolute Gasteiger partial charge is 0.323 e. The molecule has 5 nitrogen and oxygen atoms in total. The number of aliphatic hydroxyl groups excluding tert-OH is 1. The van der Waals surface area contributed by atoms with E-state index in [4.69, 9.17) is 5.26 Å². The minimum absolute atomic E-state index is 0.150. The number of esters is 1. The summed E-state index contributed by atoms with van der Waals surface area (Å²) < 4.78 is 4.56. The topological polar surface area (TPSA) is 73.6 Å². The fourth-order valence-electron chi connectivity index (χ4n) is 1.53. The van der Waals surface area contributed by atoms with Crippen molar-refractivity contribution in [1.82, 2.24) is 4.90 Å². The molecule has 0 saturated carbocycles. The fourth-order valence-corrected chi connectivity index (χ4v) is 1.53. The second kappa shape index (κ2) is 4.21. The molecule has 0 aliphatic carbocycles. The van der Waals surface area contributed by atoms with Gasteiger partial charge >= 0.3 is 5.97 Å². The summed E-state index contributed by atoms with van der Waals surface area (Å²) in [5.74, 6) is -0.383. The van der Waals surface area contributed by atoms with Crippen molar-refractivity contribution in [3.63, 3.8) is 0 Å². The summed E-state index contributed by atoms with van der Waals surface area (Å²) in [6, 6.07) is 1.49. The first kappa shape index (κ1) is 9.96. The standard InChI is InChI=1S/C8H12N2O3/c1-13-8(12)7-4-6(11)5-10(7)3-2-9/h6-7,11H,3-5H2,1H3/t6-,7+/m1/s1. The Bertz CT molecular complexity index is 236. The van der Waals surface area contributed by atoms with Crippen molar-refractivity contribution < 1.29 is 14.6 Å². The quantitative estimate of drug-likeness (QED) is 0.445. The first-order valence-electron chi connectivity index (χ1n) is 4.06. The van der Waals surface area contributed by atoms with E-state index in [0.29, 0.717) is 13.0 Å². The molecule has 0 aromatic rings. The summed E-state index contributed by atoms with van der Waals surface area (Å²) >= 11 is 0. The van der Waals surface area contributed by atoms with Crippen LogP contribution < -0.4 is 0 Å². The van der Waals surface area contributed by atoms with Gasteiger partial charge in [0.25, 0.3) is 0 Å². The number of carbonyl (C=O) groups is 1. The third-order valence-corrected chi connectivity index (χ3v) is 2.13. The Balaban J connectivity index is 2.61. The lowest BCUT2D eigenvalue weighted by Crippen LogP contribution is -2.37. The molecule has 1 saturated heterocycles. The molecule has 0 bridgehead atoms. The fraction of sp³-hybridized carbons (Fsp3) is 0.750. The predicted molar refractivity (Wildman–Crippen MR) is 43.6 cm³/mol. The maximum Gasteiger partial charge on any atom is 0.323 e. The van der Waals surface area contributed by atoms with Crippen molar-refractivity contribution in [3.05, 3.63) is 0 Å². The van der Waals surface area contributed by atoms with Crippen LogP contribution in [-0.4, -0.2) is 48.3 Å². The third-order valence-electron chi connectivity index (χ3n) is 2.13. The van der Waals surface area contributed by atoms with E-state index in [1.807, 2.05) is 6.07 Å². The molecule has 1 aliphatic heterocycles. The van der Waals surface area contributed by atoms with Crippen molar-refractivity contribution in [1.29, 1.82) is 5.26 Å².